The Labute approximate surface area is 227 Å². The first kappa shape index (κ1) is 21.1. The molecule has 2 nitrogen and oxygen atoms in total. The molecule has 0 aliphatic carbocycles. The van der Waals surface area contributed by atoms with Crippen molar-refractivity contribution in [3.05, 3.63) is 127 Å². The summed E-state index contributed by atoms with van der Waals surface area (Å²) < 4.78 is 11.5. The molecule has 6 aromatic carbocycles. The number of hydrogen-bond donors (Lipinski definition) is 0. The predicted molar refractivity (Wildman–Crippen MR) is 166 cm³/mol. The Morgan fingerprint density at radius 1 is 0.487 bits per heavy atom. The zero-order chi connectivity index (χ0) is 25.5. The second-order valence-corrected chi connectivity index (χ2v) is 11.2. The lowest BCUT2D eigenvalue weighted by Gasteiger charge is -2.07. The first-order valence-corrected chi connectivity index (χ1v) is 14.0. The van der Waals surface area contributed by atoms with Crippen molar-refractivity contribution in [2.45, 2.75) is 0 Å². The van der Waals surface area contributed by atoms with E-state index < -0.39 is 0 Å². The minimum atomic E-state index is 0.904. The Bertz CT molecular complexity index is 2350. The van der Waals surface area contributed by atoms with Gasteiger partial charge in [0, 0.05) is 53.5 Å². The average Bonchev–Trinajstić information content (AvgIpc) is 3.65. The normalized spacial score (nSPS) is 12.1. The lowest BCUT2D eigenvalue weighted by Crippen LogP contribution is -1.93. The highest BCUT2D eigenvalue weighted by Crippen LogP contribution is 2.41. The molecule has 0 spiro atoms. The standard InChI is InChI=1S/C36H21NOS/c1-4-13-31-25(8-1)26-9-2-5-14-32(26)37(31)23-17-19-28-27-18-16-22(20-33(27)38-34(28)21-23)24-11-7-12-30-29-10-3-6-15-35(29)39-36(24)30/h1-21H. The van der Waals surface area contributed by atoms with Crippen LogP contribution in [0.4, 0.5) is 0 Å². The van der Waals surface area contributed by atoms with Gasteiger partial charge in [0.1, 0.15) is 11.2 Å². The first-order chi connectivity index (χ1) is 19.3. The summed E-state index contributed by atoms with van der Waals surface area (Å²) >= 11 is 1.86. The summed E-state index contributed by atoms with van der Waals surface area (Å²) in [5.74, 6) is 0. The fraction of sp³-hybridized carbons (Fsp3) is 0. The van der Waals surface area contributed by atoms with Crippen molar-refractivity contribution in [3.8, 4) is 16.8 Å². The molecule has 9 aromatic rings. The number of thiophene rings is 1. The summed E-state index contributed by atoms with van der Waals surface area (Å²) in [4.78, 5) is 0. The number of benzene rings is 6. The van der Waals surface area contributed by atoms with Gasteiger partial charge in [0.2, 0.25) is 0 Å². The lowest BCUT2D eigenvalue weighted by molar-refractivity contribution is 0.669. The van der Waals surface area contributed by atoms with Crippen LogP contribution in [0.1, 0.15) is 0 Å². The molecule has 0 amide bonds. The minimum Gasteiger partial charge on any atom is -0.456 e. The van der Waals surface area contributed by atoms with Crippen molar-refractivity contribution in [3.63, 3.8) is 0 Å². The molecular formula is C36H21NOS. The van der Waals surface area contributed by atoms with Gasteiger partial charge in [-0.05, 0) is 53.6 Å². The van der Waals surface area contributed by atoms with Crippen LogP contribution in [0.15, 0.2) is 132 Å². The van der Waals surface area contributed by atoms with E-state index in [1.807, 2.05) is 11.3 Å². The summed E-state index contributed by atoms with van der Waals surface area (Å²) in [6.07, 6.45) is 0. The second kappa shape index (κ2) is 7.83. The molecule has 3 heteroatoms. The van der Waals surface area contributed by atoms with Gasteiger partial charge < -0.3 is 8.98 Å². The average molecular weight is 516 g/mol. The Kier molecular flexibility index (Phi) is 4.24. The van der Waals surface area contributed by atoms with Gasteiger partial charge in [0.25, 0.3) is 0 Å². The predicted octanol–water partition coefficient (Wildman–Crippen LogP) is 10.7. The lowest BCUT2D eigenvalue weighted by atomic mass is 10.0. The van der Waals surface area contributed by atoms with E-state index in [0.717, 1.165) is 27.6 Å². The number of nitrogens with zero attached hydrogens (tertiary/aromatic N) is 1. The molecule has 0 atom stereocenters. The van der Waals surface area contributed by atoms with Crippen LogP contribution in [0.5, 0.6) is 0 Å². The maximum absolute atomic E-state index is 6.54. The van der Waals surface area contributed by atoms with Gasteiger partial charge in [-0.2, -0.15) is 0 Å². The van der Waals surface area contributed by atoms with Crippen LogP contribution in [0.25, 0.3) is 80.7 Å². The molecule has 0 saturated carbocycles. The van der Waals surface area contributed by atoms with Gasteiger partial charge in [0.05, 0.1) is 11.0 Å². The minimum absolute atomic E-state index is 0.904. The summed E-state index contributed by atoms with van der Waals surface area (Å²) in [5.41, 5.74) is 7.76. The van der Waals surface area contributed by atoms with Gasteiger partial charge in [-0.15, -0.1) is 11.3 Å². The molecular weight excluding hydrogens is 494 g/mol. The SMILES string of the molecule is c1ccc2c(c1)sc1c(-c3ccc4c(c3)oc3cc(-n5c6ccccc6c6ccccc65)ccc34)cccc12. The fourth-order valence-electron chi connectivity index (χ4n) is 6.25. The highest BCUT2D eigenvalue weighted by Gasteiger charge is 2.15. The number of furan rings is 1. The molecule has 3 heterocycles. The van der Waals surface area contributed by atoms with Gasteiger partial charge in [-0.25, -0.2) is 0 Å². The monoisotopic (exact) mass is 515 g/mol. The van der Waals surface area contributed by atoms with Crippen LogP contribution >= 0.6 is 11.3 Å². The third kappa shape index (κ3) is 2.96. The van der Waals surface area contributed by atoms with Crippen molar-refractivity contribution < 1.29 is 4.42 Å². The third-order valence-corrected chi connectivity index (χ3v) is 9.23. The number of fused-ring (bicyclic) bond motifs is 9. The fourth-order valence-corrected chi connectivity index (χ4v) is 7.49. The highest BCUT2D eigenvalue weighted by atomic mass is 32.1. The molecule has 0 unspecified atom stereocenters. The molecule has 0 radical (unpaired) electrons. The summed E-state index contributed by atoms with van der Waals surface area (Å²) in [6.45, 7) is 0. The Hall–Kier alpha value is -4.86. The van der Waals surface area contributed by atoms with Crippen molar-refractivity contribution in [2.24, 2.45) is 0 Å². The van der Waals surface area contributed by atoms with Crippen LogP contribution in [-0.4, -0.2) is 4.57 Å². The first-order valence-electron chi connectivity index (χ1n) is 13.2. The molecule has 0 aliphatic heterocycles. The summed E-state index contributed by atoms with van der Waals surface area (Å²) in [6, 6.07) is 45.7. The van der Waals surface area contributed by atoms with Crippen LogP contribution < -0.4 is 0 Å². The number of para-hydroxylation sites is 2. The maximum atomic E-state index is 6.54. The van der Waals surface area contributed by atoms with Crippen LogP contribution in [0.2, 0.25) is 0 Å². The van der Waals surface area contributed by atoms with E-state index in [1.54, 1.807) is 0 Å². The molecule has 0 fully saturated rings. The van der Waals surface area contributed by atoms with Crippen LogP contribution in [0.3, 0.4) is 0 Å². The van der Waals surface area contributed by atoms with E-state index >= 15 is 0 Å². The van der Waals surface area contributed by atoms with E-state index in [1.165, 1.54) is 53.1 Å². The molecule has 39 heavy (non-hydrogen) atoms. The van der Waals surface area contributed by atoms with Crippen molar-refractivity contribution in [2.75, 3.05) is 0 Å². The van der Waals surface area contributed by atoms with E-state index in [2.05, 4.69) is 132 Å². The highest BCUT2D eigenvalue weighted by molar-refractivity contribution is 7.26. The summed E-state index contributed by atoms with van der Waals surface area (Å²) in [5, 5.41) is 7.44. The smallest absolute Gasteiger partial charge is 0.137 e. The third-order valence-electron chi connectivity index (χ3n) is 8.01. The van der Waals surface area contributed by atoms with Crippen molar-refractivity contribution >= 4 is 75.3 Å². The largest absolute Gasteiger partial charge is 0.456 e. The Morgan fingerprint density at radius 2 is 1.13 bits per heavy atom. The molecule has 3 aromatic heterocycles. The van der Waals surface area contributed by atoms with E-state index in [4.69, 9.17) is 4.42 Å². The van der Waals surface area contributed by atoms with Crippen LogP contribution in [0, 0.1) is 0 Å². The van der Waals surface area contributed by atoms with E-state index in [9.17, 15) is 0 Å². The van der Waals surface area contributed by atoms with Crippen molar-refractivity contribution in [1.82, 2.24) is 4.57 Å². The molecule has 0 bridgehead atoms. The number of aromatic nitrogens is 1. The molecule has 0 N–H and O–H groups in total. The van der Waals surface area contributed by atoms with E-state index in [-0.39, 0.29) is 0 Å². The maximum Gasteiger partial charge on any atom is 0.137 e. The van der Waals surface area contributed by atoms with Gasteiger partial charge in [0.15, 0.2) is 0 Å². The van der Waals surface area contributed by atoms with Crippen molar-refractivity contribution in [1.29, 1.82) is 0 Å². The number of rotatable bonds is 2. The quantitative estimate of drug-likeness (QED) is 0.224. The van der Waals surface area contributed by atoms with Gasteiger partial charge in [-0.1, -0.05) is 78.9 Å². The zero-order valence-corrected chi connectivity index (χ0v) is 21.7. The Morgan fingerprint density at radius 3 is 1.92 bits per heavy atom. The second-order valence-electron chi connectivity index (χ2n) is 10.1. The Balaban J connectivity index is 1.24. The zero-order valence-electron chi connectivity index (χ0n) is 20.9. The summed E-state index contributed by atoms with van der Waals surface area (Å²) in [7, 11) is 0. The molecule has 0 aliphatic rings. The molecule has 182 valence electrons. The van der Waals surface area contributed by atoms with Gasteiger partial charge >= 0.3 is 0 Å². The molecule has 0 saturated heterocycles. The van der Waals surface area contributed by atoms with E-state index in [0.29, 0.717) is 0 Å². The number of hydrogen-bond acceptors (Lipinski definition) is 2. The molecule has 9 rings (SSSR count). The topological polar surface area (TPSA) is 18.1 Å². The van der Waals surface area contributed by atoms with Gasteiger partial charge in [-0.3, -0.25) is 0 Å². The van der Waals surface area contributed by atoms with Crippen LogP contribution in [-0.2, 0) is 0 Å².